The highest BCUT2D eigenvalue weighted by Gasteiger charge is 2.05. The Morgan fingerprint density at radius 2 is 2.42 bits per heavy atom. The average Bonchev–Trinajstić information content (AvgIpc) is 2.46. The van der Waals surface area contributed by atoms with Crippen LogP contribution in [0, 0.1) is 0 Å². The number of rotatable bonds is 1. The maximum absolute atomic E-state index is 10.7. The molecule has 0 fully saturated rings. The first-order chi connectivity index (χ1) is 5.77. The highest BCUT2D eigenvalue weighted by molar-refractivity contribution is 7.82. The summed E-state index contributed by atoms with van der Waals surface area (Å²) < 4.78 is 20.8. The van der Waals surface area contributed by atoms with Crippen LogP contribution in [-0.4, -0.2) is 13.7 Å². The van der Waals surface area contributed by atoms with Crippen molar-refractivity contribution in [3.63, 3.8) is 0 Å². The lowest BCUT2D eigenvalue weighted by molar-refractivity contribution is 0.566. The molecule has 5 heteroatoms. The normalized spacial score (nSPS) is 13.4. The first kappa shape index (κ1) is 7.85. The molecule has 0 bridgehead atoms. The van der Waals surface area contributed by atoms with Gasteiger partial charge in [-0.25, -0.2) is 4.21 Å². The quantitative estimate of drug-likeness (QED) is 0.713. The fourth-order valence-electron chi connectivity index (χ4n) is 0.933. The van der Waals surface area contributed by atoms with Crippen molar-refractivity contribution in [3.8, 4) is 0 Å². The lowest BCUT2D eigenvalue weighted by Crippen LogP contribution is -1.80. The molecule has 0 spiro atoms. The minimum atomic E-state index is -1.88. The summed E-state index contributed by atoms with van der Waals surface area (Å²) in [5, 5.41) is 0. The van der Waals surface area contributed by atoms with Crippen molar-refractivity contribution in [2.45, 2.75) is 4.21 Å². The van der Waals surface area contributed by atoms with E-state index in [4.69, 9.17) is 4.55 Å². The molecule has 0 aliphatic heterocycles. The van der Waals surface area contributed by atoms with Crippen LogP contribution in [0.4, 0.5) is 0 Å². The zero-order valence-corrected chi connectivity index (χ0v) is 7.56. The summed E-state index contributed by atoms with van der Waals surface area (Å²) in [5.74, 6) is 0. The van der Waals surface area contributed by atoms with E-state index in [2.05, 4.69) is 4.98 Å². The molecule has 0 aliphatic rings. The Morgan fingerprint density at radius 1 is 1.58 bits per heavy atom. The van der Waals surface area contributed by atoms with E-state index in [9.17, 15) is 4.21 Å². The van der Waals surface area contributed by atoms with Crippen LogP contribution in [0.25, 0.3) is 10.2 Å². The summed E-state index contributed by atoms with van der Waals surface area (Å²) in [5.41, 5.74) is 0.778. The minimum absolute atomic E-state index is 0.448. The molecule has 0 aliphatic carbocycles. The van der Waals surface area contributed by atoms with Gasteiger partial charge in [-0.2, -0.15) is 0 Å². The van der Waals surface area contributed by atoms with Gasteiger partial charge in [0.15, 0.2) is 11.1 Å². The van der Waals surface area contributed by atoms with Gasteiger partial charge in [0.25, 0.3) is 0 Å². The monoisotopic (exact) mass is 199 g/mol. The van der Waals surface area contributed by atoms with Gasteiger partial charge in [0, 0.05) is 6.20 Å². The summed E-state index contributed by atoms with van der Waals surface area (Å²) in [7, 11) is 0. The standard InChI is InChI=1S/C7H5NO2S2/c9-12(10)7-4-5-6(11-7)2-1-3-8-5/h1-4H,(H,9,10). The predicted octanol–water partition coefficient (Wildman–Crippen LogP) is 1.88. The maximum Gasteiger partial charge on any atom is 0.196 e. The highest BCUT2D eigenvalue weighted by atomic mass is 32.2. The van der Waals surface area contributed by atoms with Crippen molar-refractivity contribution in [1.29, 1.82) is 0 Å². The Bertz CT molecular complexity index is 405. The topological polar surface area (TPSA) is 50.2 Å². The van der Waals surface area contributed by atoms with Gasteiger partial charge in [-0.3, -0.25) is 4.98 Å². The van der Waals surface area contributed by atoms with Crippen molar-refractivity contribution in [3.05, 3.63) is 24.4 Å². The number of pyridine rings is 1. The minimum Gasteiger partial charge on any atom is -0.302 e. The zero-order valence-electron chi connectivity index (χ0n) is 5.93. The second-order valence-corrected chi connectivity index (χ2v) is 4.48. The molecule has 2 rings (SSSR count). The molecule has 12 heavy (non-hydrogen) atoms. The Morgan fingerprint density at radius 3 is 3.08 bits per heavy atom. The Labute approximate surface area is 75.4 Å². The van der Waals surface area contributed by atoms with Gasteiger partial charge in [0.2, 0.25) is 0 Å². The van der Waals surface area contributed by atoms with Crippen LogP contribution in [0.3, 0.4) is 0 Å². The SMILES string of the molecule is O=S(O)c1cc2ncccc2s1. The van der Waals surface area contributed by atoms with E-state index in [1.54, 1.807) is 12.3 Å². The van der Waals surface area contributed by atoms with Crippen LogP contribution in [0.2, 0.25) is 0 Å². The van der Waals surface area contributed by atoms with E-state index < -0.39 is 11.1 Å². The molecular formula is C7H5NO2S2. The van der Waals surface area contributed by atoms with Crippen molar-refractivity contribution >= 4 is 32.6 Å². The Hall–Kier alpha value is -0.780. The van der Waals surface area contributed by atoms with Gasteiger partial charge in [-0.1, -0.05) is 0 Å². The fraction of sp³-hybridized carbons (Fsp3) is 0. The number of hydrogen-bond donors (Lipinski definition) is 1. The molecule has 0 saturated heterocycles. The number of fused-ring (bicyclic) bond motifs is 1. The largest absolute Gasteiger partial charge is 0.302 e. The van der Waals surface area contributed by atoms with Gasteiger partial charge >= 0.3 is 0 Å². The second kappa shape index (κ2) is 2.93. The van der Waals surface area contributed by atoms with Crippen LogP contribution < -0.4 is 0 Å². The molecule has 1 unspecified atom stereocenters. The summed E-state index contributed by atoms with van der Waals surface area (Å²) >= 11 is -0.590. The molecule has 0 radical (unpaired) electrons. The Kier molecular flexibility index (Phi) is 1.92. The third-order valence-corrected chi connectivity index (χ3v) is 3.46. The summed E-state index contributed by atoms with van der Waals surface area (Å²) in [6, 6.07) is 5.32. The van der Waals surface area contributed by atoms with Crippen molar-refractivity contribution < 1.29 is 8.76 Å². The molecule has 0 aromatic carbocycles. The van der Waals surface area contributed by atoms with Crippen molar-refractivity contribution in [2.24, 2.45) is 0 Å². The molecule has 0 amide bonds. The molecule has 62 valence electrons. The number of nitrogens with zero attached hydrogens (tertiary/aromatic N) is 1. The summed E-state index contributed by atoms with van der Waals surface area (Å²) in [6.07, 6.45) is 1.67. The molecule has 0 saturated carbocycles. The lowest BCUT2D eigenvalue weighted by atomic mass is 10.4. The smallest absolute Gasteiger partial charge is 0.196 e. The van der Waals surface area contributed by atoms with E-state index in [0.29, 0.717) is 4.21 Å². The number of hydrogen-bond acceptors (Lipinski definition) is 3. The van der Waals surface area contributed by atoms with Crippen LogP contribution in [0.15, 0.2) is 28.6 Å². The maximum atomic E-state index is 10.7. The van der Waals surface area contributed by atoms with Crippen molar-refractivity contribution in [1.82, 2.24) is 4.98 Å². The van der Waals surface area contributed by atoms with Crippen LogP contribution >= 0.6 is 11.3 Å². The first-order valence-electron chi connectivity index (χ1n) is 3.23. The van der Waals surface area contributed by atoms with Gasteiger partial charge in [0.05, 0.1) is 10.2 Å². The van der Waals surface area contributed by atoms with Crippen LogP contribution in [0.1, 0.15) is 0 Å². The first-order valence-corrected chi connectivity index (χ1v) is 5.15. The van der Waals surface area contributed by atoms with E-state index >= 15 is 0 Å². The van der Waals surface area contributed by atoms with Crippen molar-refractivity contribution in [2.75, 3.05) is 0 Å². The van der Waals surface area contributed by atoms with Gasteiger partial charge in [0.1, 0.15) is 4.21 Å². The van der Waals surface area contributed by atoms with E-state index in [-0.39, 0.29) is 0 Å². The lowest BCUT2D eigenvalue weighted by Gasteiger charge is -1.81. The molecule has 3 nitrogen and oxygen atoms in total. The second-order valence-electron chi connectivity index (χ2n) is 2.20. The van der Waals surface area contributed by atoms with Gasteiger partial charge in [-0.15, -0.1) is 11.3 Å². The number of thiophene rings is 1. The van der Waals surface area contributed by atoms with E-state index in [0.717, 1.165) is 10.2 Å². The zero-order chi connectivity index (χ0) is 8.55. The average molecular weight is 199 g/mol. The molecule has 2 aromatic rings. The molecule has 1 N–H and O–H groups in total. The third-order valence-electron chi connectivity index (χ3n) is 1.44. The Balaban J connectivity index is 2.70. The predicted molar refractivity (Wildman–Crippen MR) is 48.7 cm³/mol. The highest BCUT2D eigenvalue weighted by Crippen LogP contribution is 2.25. The number of aromatic nitrogens is 1. The van der Waals surface area contributed by atoms with E-state index in [1.807, 2.05) is 12.1 Å². The van der Waals surface area contributed by atoms with E-state index in [1.165, 1.54) is 11.3 Å². The van der Waals surface area contributed by atoms with Crippen LogP contribution in [-0.2, 0) is 11.1 Å². The molecular weight excluding hydrogens is 194 g/mol. The molecule has 2 aromatic heterocycles. The van der Waals surface area contributed by atoms with Crippen LogP contribution in [0.5, 0.6) is 0 Å². The van der Waals surface area contributed by atoms with Gasteiger partial charge < -0.3 is 4.55 Å². The molecule has 1 atom stereocenters. The fourth-order valence-corrected chi connectivity index (χ4v) is 2.45. The third kappa shape index (κ3) is 1.26. The van der Waals surface area contributed by atoms with Gasteiger partial charge in [-0.05, 0) is 18.2 Å². The summed E-state index contributed by atoms with van der Waals surface area (Å²) in [4.78, 5) is 4.05. The summed E-state index contributed by atoms with van der Waals surface area (Å²) in [6.45, 7) is 0. The molecule has 2 heterocycles.